The summed E-state index contributed by atoms with van der Waals surface area (Å²) in [6.45, 7) is 0. The molecule has 6 heteroatoms. The van der Waals surface area contributed by atoms with Crippen LogP contribution in [0.1, 0.15) is 12.8 Å². The van der Waals surface area contributed by atoms with E-state index in [1.54, 1.807) is 18.2 Å². The topological polar surface area (TPSA) is 55.4 Å². The van der Waals surface area contributed by atoms with E-state index in [1.807, 2.05) is 0 Å². The molecule has 1 aromatic carbocycles. The van der Waals surface area contributed by atoms with Crippen molar-refractivity contribution in [2.45, 2.75) is 12.8 Å². The highest BCUT2D eigenvalue weighted by molar-refractivity contribution is 6.35. The lowest BCUT2D eigenvalue weighted by Gasteiger charge is -2.07. The molecule has 0 saturated carbocycles. The SMILES string of the molecule is COC(=O)CCC(=O)Nc1cc(Cl)ccc1Cl. The van der Waals surface area contributed by atoms with Crippen molar-refractivity contribution in [1.82, 2.24) is 0 Å². The molecule has 0 saturated heterocycles. The van der Waals surface area contributed by atoms with Crippen molar-refractivity contribution in [2.75, 3.05) is 12.4 Å². The van der Waals surface area contributed by atoms with Gasteiger partial charge in [-0.1, -0.05) is 23.2 Å². The van der Waals surface area contributed by atoms with Crippen LogP contribution >= 0.6 is 23.2 Å². The maximum atomic E-state index is 11.5. The van der Waals surface area contributed by atoms with Gasteiger partial charge >= 0.3 is 5.97 Å². The van der Waals surface area contributed by atoms with Gasteiger partial charge in [0.1, 0.15) is 0 Å². The quantitative estimate of drug-likeness (QED) is 0.860. The zero-order chi connectivity index (χ0) is 12.8. The maximum absolute atomic E-state index is 11.5. The standard InChI is InChI=1S/C11H11Cl2NO3/c1-17-11(16)5-4-10(15)14-9-6-7(12)2-3-8(9)13/h2-3,6H,4-5H2,1H3,(H,14,15). The van der Waals surface area contributed by atoms with Crippen LogP contribution in [0.3, 0.4) is 0 Å². The van der Waals surface area contributed by atoms with Crippen molar-refractivity contribution < 1.29 is 14.3 Å². The van der Waals surface area contributed by atoms with Gasteiger partial charge in [-0.05, 0) is 18.2 Å². The zero-order valence-corrected chi connectivity index (χ0v) is 10.6. The second-order valence-electron chi connectivity index (χ2n) is 3.25. The third-order valence-electron chi connectivity index (χ3n) is 1.99. The average molecular weight is 276 g/mol. The Kier molecular flexibility index (Phi) is 5.25. The number of nitrogens with one attached hydrogen (secondary N) is 1. The highest BCUT2D eigenvalue weighted by Gasteiger charge is 2.09. The molecule has 4 nitrogen and oxygen atoms in total. The largest absolute Gasteiger partial charge is 0.469 e. The number of halogens is 2. The predicted octanol–water partition coefficient (Wildman–Crippen LogP) is 2.89. The summed E-state index contributed by atoms with van der Waals surface area (Å²) in [5.41, 5.74) is 0.425. The number of hydrogen-bond acceptors (Lipinski definition) is 3. The molecule has 0 fully saturated rings. The van der Waals surface area contributed by atoms with Crippen LogP contribution in [0, 0.1) is 0 Å². The molecule has 0 spiro atoms. The first-order chi connectivity index (χ1) is 8.02. The number of carbonyl (C=O) groups is 2. The molecule has 17 heavy (non-hydrogen) atoms. The van der Waals surface area contributed by atoms with Gasteiger partial charge in [-0.15, -0.1) is 0 Å². The number of methoxy groups -OCH3 is 1. The van der Waals surface area contributed by atoms with Gasteiger partial charge in [-0.25, -0.2) is 0 Å². The van der Waals surface area contributed by atoms with Gasteiger partial charge < -0.3 is 10.1 Å². The lowest BCUT2D eigenvalue weighted by molar-refractivity contribution is -0.141. The van der Waals surface area contributed by atoms with Gasteiger partial charge in [0.15, 0.2) is 0 Å². The van der Waals surface area contributed by atoms with Crippen molar-refractivity contribution >= 4 is 40.8 Å². The molecular weight excluding hydrogens is 265 g/mol. The summed E-state index contributed by atoms with van der Waals surface area (Å²) in [7, 11) is 1.27. The minimum Gasteiger partial charge on any atom is -0.469 e. The summed E-state index contributed by atoms with van der Waals surface area (Å²) in [6.07, 6.45) is 0.0655. The molecule has 0 radical (unpaired) electrons. The molecule has 0 bridgehead atoms. The Morgan fingerprint density at radius 3 is 2.65 bits per heavy atom. The van der Waals surface area contributed by atoms with Gasteiger partial charge in [0.2, 0.25) is 5.91 Å². The Balaban J connectivity index is 2.56. The molecule has 0 aliphatic carbocycles. The van der Waals surface area contributed by atoms with Crippen molar-refractivity contribution in [2.24, 2.45) is 0 Å². The third kappa shape index (κ3) is 4.63. The van der Waals surface area contributed by atoms with E-state index < -0.39 is 5.97 Å². The average Bonchev–Trinajstić information content (AvgIpc) is 2.30. The van der Waals surface area contributed by atoms with Crippen LogP contribution in [0.4, 0.5) is 5.69 Å². The summed E-state index contributed by atoms with van der Waals surface area (Å²) in [6, 6.07) is 4.74. The molecule has 1 N–H and O–H groups in total. The van der Waals surface area contributed by atoms with E-state index >= 15 is 0 Å². The number of rotatable bonds is 4. The molecule has 0 atom stereocenters. The number of benzene rings is 1. The van der Waals surface area contributed by atoms with E-state index in [2.05, 4.69) is 10.1 Å². The van der Waals surface area contributed by atoms with Crippen molar-refractivity contribution in [3.05, 3.63) is 28.2 Å². The van der Waals surface area contributed by atoms with E-state index in [9.17, 15) is 9.59 Å². The number of hydrogen-bond donors (Lipinski definition) is 1. The van der Waals surface area contributed by atoms with Crippen molar-refractivity contribution in [3.63, 3.8) is 0 Å². The molecule has 1 amide bonds. The lowest BCUT2D eigenvalue weighted by Crippen LogP contribution is -2.14. The highest BCUT2D eigenvalue weighted by Crippen LogP contribution is 2.25. The number of esters is 1. The molecule has 0 aromatic heterocycles. The predicted molar refractivity (Wildman–Crippen MR) is 66.3 cm³/mol. The number of ether oxygens (including phenoxy) is 1. The molecule has 0 unspecified atom stereocenters. The third-order valence-corrected chi connectivity index (χ3v) is 2.55. The minimum atomic E-state index is -0.433. The Morgan fingerprint density at radius 2 is 2.00 bits per heavy atom. The lowest BCUT2D eigenvalue weighted by atomic mass is 10.2. The van der Waals surface area contributed by atoms with E-state index in [0.717, 1.165) is 0 Å². The molecule has 0 aliphatic heterocycles. The smallest absolute Gasteiger partial charge is 0.306 e. The second kappa shape index (κ2) is 6.47. The van der Waals surface area contributed by atoms with Gasteiger partial charge in [0.25, 0.3) is 0 Å². The van der Waals surface area contributed by atoms with Gasteiger partial charge in [0, 0.05) is 11.4 Å². The Hall–Kier alpha value is -1.26. The molecule has 0 heterocycles. The summed E-state index contributed by atoms with van der Waals surface area (Å²) in [4.78, 5) is 22.3. The van der Waals surface area contributed by atoms with E-state index in [4.69, 9.17) is 23.2 Å². The molecular formula is C11H11Cl2NO3. The van der Waals surface area contributed by atoms with E-state index in [1.165, 1.54) is 7.11 Å². The first-order valence-corrected chi connectivity index (χ1v) is 5.60. The summed E-state index contributed by atoms with van der Waals surface area (Å²) >= 11 is 11.6. The van der Waals surface area contributed by atoms with Crippen molar-refractivity contribution in [3.8, 4) is 0 Å². The van der Waals surface area contributed by atoms with Crippen LogP contribution in [-0.4, -0.2) is 19.0 Å². The fourth-order valence-corrected chi connectivity index (χ4v) is 1.46. The van der Waals surface area contributed by atoms with Crippen LogP contribution in [0.5, 0.6) is 0 Å². The normalized spacial score (nSPS) is 9.82. The van der Waals surface area contributed by atoms with Crippen molar-refractivity contribution in [1.29, 1.82) is 0 Å². The number of amides is 1. The maximum Gasteiger partial charge on any atom is 0.306 e. The van der Waals surface area contributed by atoms with Gasteiger partial charge in [-0.3, -0.25) is 9.59 Å². The van der Waals surface area contributed by atoms with E-state index in [-0.39, 0.29) is 18.7 Å². The zero-order valence-electron chi connectivity index (χ0n) is 9.13. The van der Waals surface area contributed by atoms with Crippen LogP contribution in [0.2, 0.25) is 10.0 Å². The first kappa shape index (κ1) is 13.8. The fourth-order valence-electron chi connectivity index (χ4n) is 1.12. The summed E-state index contributed by atoms with van der Waals surface area (Å²) in [5, 5.41) is 3.43. The fraction of sp³-hybridized carbons (Fsp3) is 0.273. The first-order valence-electron chi connectivity index (χ1n) is 4.84. The highest BCUT2D eigenvalue weighted by atomic mass is 35.5. The van der Waals surface area contributed by atoms with Crippen LogP contribution in [0.15, 0.2) is 18.2 Å². The van der Waals surface area contributed by atoms with Gasteiger partial charge in [0.05, 0.1) is 24.2 Å². The monoisotopic (exact) mass is 275 g/mol. The number of carbonyl (C=O) groups excluding carboxylic acids is 2. The minimum absolute atomic E-state index is 0.0283. The second-order valence-corrected chi connectivity index (χ2v) is 4.09. The number of anilines is 1. The van der Waals surface area contributed by atoms with E-state index in [0.29, 0.717) is 15.7 Å². The Morgan fingerprint density at radius 1 is 1.29 bits per heavy atom. The van der Waals surface area contributed by atoms with Crippen LogP contribution in [0.25, 0.3) is 0 Å². The molecule has 0 aliphatic rings. The molecule has 92 valence electrons. The molecule has 1 rings (SSSR count). The summed E-state index contributed by atoms with van der Waals surface area (Å²) in [5.74, 6) is -0.753. The Labute approximate surface area is 109 Å². The molecule has 1 aromatic rings. The van der Waals surface area contributed by atoms with Crippen LogP contribution < -0.4 is 5.32 Å². The Bertz CT molecular complexity index is 435. The van der Waals surface area contributed by atoms with Gasteiger partial charge in [-0.2, -0.15) is 0 Å². The summed E-state index contributed by atoms with van der Waals surface area (Å²) < 4.78 is 4.43. The van der Waals surface area contributed by atoms with Crippen LogP contribution in [-0.2, 0) is 14.3 Å².